The largest absolute Gasteiger partial charge is 2.00 e. The number of hydrogen-bond acceptors (Lipinski definition) is 5. The summed E-state index contributed by atoms with van der Waals surface area (Å²) in [7, 11) is 1.28. The first-order chi connectivity index (χ1) is 23.9. The van der Waals surface area contributed by atoms with Gasteiger partial charge >= 0.3 is 35.0 Å². The van der Waals surface area contributed by atoms with Crippen molar-refractivity contribution in [3.05, 3.63) is 102 Å². The van der Waals surface area contributed by atoms with Crippen molar-refractivity contribution in [2.24, 2.45) is 17.8 Å². The number of ether oxygens (including phenoxy) is 2. The molecule has 0 unspecified atom stereocenters. The number of esters is 2. The van der Waals surface area contributed by atoms with E-state index >= 15 is 0 Å². The number of hydrogen-bond donors (Lipinski definition) is 0. The summed E-state index contributed by atoms with van der Waals surface area (Å²) in [5.41, 5.74) is 10.5. The molecule has 1 fully saturated rings. The van der Waals surface area contributed by atoms with E-state index in [0.717, 1.165) is 68.5 Å². The van der Waals surface area contributed by atoms with Gasteiger partial charge in [0.25, 0.3) is 0 Å². The fourth-order valence-electron chi connectivity index (χ4n) is 7.42. The van der Waals surface area contributed by atoms with Crippen LogP contribution in [-0.4, -0.2) is 54.5 Å². The van der Waals surface area contributed by atoms with Gasteiger partial charge in [0.1, 0.15) is 12.5 Å². The average Bonchev–Trinajstić information content (AvgIpc) is 3.84. The van der Waals surface area contributed by atoms with Crippen LogP contribution in [0.15, 0.2) is 29.6 Å². The summed E-state index contributed by atoms with van der Waals surface area (Å²) in [4.78, 5) is 55.6. The third kappa shape index (κ3) is 6.64. The molecule has 6 rings (SSSR count). The molecule has 3 aromatic heterocycles. The molecular formula is C41H44MgN4O5-2. The molecule has 10 heteroatoms. The van der Waals surface area contributed by atoms with E-state index in [1.165, 1.54) is 7.11 Å². The molecule has 262 valence electrons. The number of fused-ring (bicyclic) bond motifs is 7. The second-order valence-corrected chi connectivity index (χ2v) is 13.4. The molecule has 0 radical (unpaired) electrons. The fraction of sp³-hybridized carbons (Fsp3) is 0.390. The Kier molecular flexibility index (Phi) is 11.3. The van der Waals surface area contributed by atoms with Gasteiger partial charge < -0.3 is 29.7 Å². The quantitative estimate of drug-likeness (QED) is 0.127. The van der Waals surface area contributed by atoms with E-state index in [1.54, 1.807) is 0 Å². The van der Waals surface area contributed by atoms with Gasteiger partial charge in [0.05, 0.1) is 7.11 Å². The summed E-state index contributed by atoms with van der Waals surface area (Å²) < 4.78 is 10.7. The summed E-state index contributed by atoms with van der Waals surface area (Å²) in [6.45, 7) is 18.4. The number of allylic oxidation sites excluding steroid dienone is 3. The van der Waals surface area contributed by atoms with Gasteiger partial charge in [0, 0.05) is 12.0 Å². The van der Waals surface area contributed by atoms with Crippen LogP contribution in [0.5, 0.6) is 0 Å². The molecule has 51 heavy (non-hydrogen) atoms. The predicted octanol–water partition coefficient (Wildman–Crippen LogP) is 5.34. The number of carbonyl (C=O) groups is 3. The van der Waals surface area contributed by atoms with Gasteiger partial charge in [-0.15, -0.1) is 33.5 Å². The zero-order valence-electron chi connectivity index (χ0n) is 30.9. The molecule has 2 aliphatic heterocycles. The first kappa shape index (κ1) is 38.0. The van der Waals surface area contributed by atoms with Crippen LogP contribution < -0.4 is 25.7 Å². The van der Waals surface area contributed by atoms with Gasteiger partial charge in [-0.2, -0.15) is 11.4 Å². The van der Waals surface area contributed by atoms with Gasteiger partial charge in [0.2, 0.25) is 0 Å². The van der Waals surface area contributed by atoms with Crippen LogP contribution >= 0.6 is 0 Å². The van der Waals surface area contributed by atoms with Crippen molar-refractivity contribution in [1.29, 1.82) is 0 Å². The minimum Gasteiger partial charge on any atom is -0.664 e. The van der Waals surface area contributed by atoms with Gasteiger partial charge in [-0.1, -0.05) is 85.1 Å². The zero-order valence-corrected chi connectivity index (χ0v) is 32.3. The van der Waals surface area contributed by atoms with Crippen molar-refractivity contribution in [1.82, 2.24) is 15.0 Å². The van der Waals surface area contributed by atoms with E-state index in [9.17, 15) is 14.4 Å². The zero-order chi connectivity index (χ0) is 36.0. The molecule has 0 amide bonds. The van der Waals surface area contributed by atoms with Gasteiger partial charge in [-0.3, -0.25) is 14.4 Å². The van der Waals surface area contributed by atoms with Crippen LogP contribution in [0.3, 0.4) is 0 Å². The molecule has 0 saturated carbocycles. The number of rotatable bonds is 9. The molecule has 3 atom stereocenters. The van der Waals surface area contributed by atoms with Crippen molar-refractivity contribution in [2.75, 3.05) is 13.7 Å². The van der Waals surface area contributed by atoms with Crippen LogP contribution in [-0.2, 0) is 25.5 Å². The van der Waals surface area contributed by atoms with Crippen molar-refractivity contribution < 1.29 is 23.9 Å². The van der Waals surface area contributed by atoms with E-state index < -0.39 is 11.9 Å². The Morgan fingerprint density at radius 1 is 0.961 bits per heavy atom. The Morgan fingerprint density at radius 3 is 2.33 bits per heavy atom. The van der Waals surface area contributed by atoms with Crippen LogP contribution in [0, 0.1) is 38.5 Å². The predicted molar refractivity (Wildman–Crippen MR) is 200 cm³/mol. The Hall–Kier alpha value is -4.28. The second-order valence-electron chi connectivity index (χ2n) is 13.4. The normalized spacial score (nSPS) is 22.9. The molecule has 1 saturated heterocycles. The molecule has 0 N–H and O–H groups in total. The van der Waals surface area contributed by atoms with Gasteiger partial charge in [0.15, 0.2) is 5.78 Å². The number of nitrogens with zero attached hydrogens (tertiary/aromatic N) is 4. The standard InChI is InChI=1S/C41H45N4O5.Mg/c1-10-20(4)15-16-50-34(46)14-13-27-23(7)30-17-28-21(5)25(11-2)32(42-28)18-29-22(6)26(12-3)33(43-29)19-31-24(8)35-39(45-31)36(38(27)44-30)37(40(35)47)41(48)49-9;/h11,15,17-19,23,27,37H,2,10,12-14,16H2,1,3-9H3,(H-,44,45,47);/q-3;+2/p-1/b20-15-,29-18-,30-17-,33-19-;/t23-,27-,37+;/m0./s1. The number of carbonyl (C=O) groups excluding carboxylic acids is 3. The van der Waals surface area contributed by atoms with Crippen molar-refractivity contribution >= 4 is 70.7 Å². The van der Waals surface area contributed by atoms with E-state index in [2.05, 4.69) is 34.3 Å². The fourth-order valence-corrected chi connectivity index (χ4v) is 7.42. The molecule has 3 aromatic rings. The van der Waals surface area contributed by atoms with E-state index in [0.29, 0.717) is 40.2 Å². The third-order valence-corrected chi connectivity index (χ3v) is 10.6. The Morgan fingerprint density at radius 2 is 1.67 bits per heavy atom. The molecule has 9 nitrogen and oxygen atoms in total. The molecular weight excluding hydrogens is 653 g/mol. The van der Waals surface area contributed by atoms with Crippen LogP contribution in [0.1, 0.15) is 108 Å². The maximum Gasteiger partial charge on any atom is 2.00 e. The number of aromatic nitrogens is 3. The maximum atomic E-state index is 14.2. The Bertz CT molecular complexity index is 2150. The monoisotopic (exact) mass is 696 g/mol. The first-order valence-corrected chi connectivity index (χ1v) is 17.4. The minimum absolute atomic E-state index is 0. The molecule has 0 spiro atoms. The third-order valence-electron chi connectivity index (χ3n) is 10.6. The topological polar surface area (TPSA) is 126 Å². The average molecular weight is 697 g/mol. The molecule has 0 aromatic carbocycles. The SMILES string of the molecule is C=Cc1c2[n-]c(c1C)/C=C1\[N-]/C(=C3\c4[n-]c(c(C)c4C(=O)[C@@H]3C(=O)OC)/C=c3\[n-]/c(c(C)c3CC)=C\2)[C@@H](CCC(=O)OC/C=C(/C)CC)[C@@H]1C.[Mg+2]. The molecule has 3 aliphatic rings. The van der Waals surface area contributed by atoms with Crippen molar-refractivity contribution in [2.45, 2.75) is 74.1 Å². The van der Waals surface area contributed by atoms with Crippen LogP contribution in [0.25, 0.3) is 35.2 Å². The summed E-state index contributed by atoms with van der Waals surface area (Å²) in [6.07, 6.45) is 11.8. The number of Topliss-reactive ketones (excluding diaryl/α,β-unsaturated/α-hetero) is 1. The Balaban J connectivity index is 0.00000504. The summed E-state index contributed by atoms with van der Waals surface area (Å²) in [5.74, 6) is -3.04. The minimum atomic E-state index is -1.21. The van der Waals surface area contributed by atoms with E-state index in [4.69, 9.17) is 29.7 Å². The van der Waals surface area contributed by atoms with Crippen molar-refractivity contribution in [3.8, 4) is 0 Å². The number of methoxy groups -OCH3 is 1. The summed E-state index contributed by atoms with van der Waals surface area (Å²) >= 11 is 0. The summed E-state index contributed by atoms with van der Waals surface area (Å²) in [6, 6.07) is 0. The summed E-state index contributed by atoms with van der Waals surface area (Å²) in [5, 5.41) is 6.76. The number of ketones is 1. The van der Waals surface area contributed by atoms with Crippen molar-refractivity contribution in [3.63, 3.8) is 0 Å². The smallest absolute Gasteiger partial charge is 0.664 e. The van der Waals surface area contributed by atoms with E-state index in [1.807, 2.05) is 51.2 Å². The van der Waals surface area contributed by atoms with Gasteiger partial charge in [-0.05, 0) is 70.4 Å². The van der Waals surface area contributed by atoms with Gasteiger partial charge in [-0.25, -0.2) is 0 Å². The van der Waals surface area contributed by atoms with E-state index in [-0.39, 0.29) is 59.7 Å². The maximum absolute atomic E-state index is 14.2. The van der Waals surface area contributed by atoms with Crippen LogP contribution in [0.2, 0.25) is 0 Å². The molecule has 5 heterocycles. The first-order valence-electron chi connectivity index (χ1n) is 17.4. The Labute approximate surface area is 315 Å². The molecule has 1 aliphatic carbocycles. The second kappa shape index (κ2) is 15.1. The van der Waals surface area contributed by atoms with Crippen LogP contribution in [0.4, 0.5) is 0 Å². The molecule has 8 bridgehead atoms.